The van der Waals surface area contributed by atoms with E-state index in [-0.39, 0.29) is 0 Å². The molecular formula is C8H14N4S. The number of aromatic nitrogens is 2. The molecule has 1 aromatic heterocycles. The molecule has 0 saturated heterocycles. The maximum atomic E-state index is 5.06. The van der Waals surface area contributed by atoms with E-state index in [9.17, 15) is 0 Å². The molecule has 0 aromatic carbocycles. The van der Waals surface area contributed by atoms with Gasteiger partial charge in [0.2, 0.25) is 0 Å². The summed E-state index contributed by atoms with van der Waals surface area (Å²) in [5.41, 5.74) is 1.02. The molecule has 0 radical (unpaired) electrons. The molecule has 0 aliphatic heterocycles. The second-order valence-electron chi connectivity index (χ2n) is 2.89. The van der Waals surface area contributed by atoms with Crippen LogP contribution < -0.4 is 5.32 Å². The van der Waals surface area contributed by atoms with E-state index < -0.39 is 0 Å². The summed E-state index contributed by atoms with van der Waals surface area (Å²) in [6.07, 6.45) is 1.92. The van der Waals surface area contributed by atoms with E-state index in [2.05, 4.69) is 10.4 Å². The lowest BCUT2D eigenvalue weighted by Gasteiger charge is -2.17. The number of rotatable bonds is 2. The predicted octanol–water partition coefficient (Wildman–Crippen LogP) is 0.356. The number of aryl methyl sites for hydroxylation is 1. The quantitative estimate of drug-likeness (QED) is 0.695. The third-order valence-corrected chi connectivity index (χ3v) is 2.24. The van der Waals surface area contributed by atoms with Gasteiger partial charge in [-0.3, -0.25) is 4.68 Å². The maximum absolute atomic E-state index is 5.06. The highest BCUT2D eigenvalue weighted by atomic mass is 32.1. The molecule has 72 valence electrons. The summed E-state index contributed by atoms with van der Waals surface area (Å²) in [6, 6.07) is 1.98. The van der Waals surface area contributed by atoms with Gasteiger partial charge in [0.1, 0.15) is 0 Å². The van der Waals surface area contributed by atoms with Crippen LogP contribution in [0.3, 0.4) is 0 Å². The topological polar surface area (TPSA) is 33.1 Å². The van der Waals surface area contributed by atoms with Crippen LogP contribution in [0.4, 0.5) is 0 Å². The summed E-state index contributed by atoms with van der Waals surface area (Å²) in [4.78, 5) is 1.94. The second-order valence-corrected chi connectivity index (χ2v) is 3.28. The lowest BCUT2D eigenvalue weighted by molar-refractivity contribution is 0.482. The third-order valence-electron chi connectivity index (χ3n) is 1.73. The summed E-state index contributed by atoms with van der Waals surface area (Å²) >= 11 is 5.06. The van der Waals surface area contributed by atoms with E-state index in [1.165, 1.54) is 0 Å². The molecule has 4 nitrogen and oxygen atoms in total. The minimum Gasteiger partial charge on any atom is -0.366 e. The van der Waals surface area contributed by atoms with Crippen molar-refractivity contribution in [2.24, 2.45) is 7.05 Å². The molecule has 5 heteroatoms. The highest BCUT2D eigenvalue weighted by Crippen LogP contribution is 1.99. The molecule has 1 N–H and O–H groups in total. The maximum Gasteiger partial charge on any atom is 0.168 e. The van der Waals surface area contributed by atoms with Gasteiger partial charge in [-0.15, -0.1) is 0 Å². The van der Waals surface area contributed by atoms with Gasteiger partial charge >= 0.3 is 0 Å². The first-order chi connectivity index (χ1) is 6.13. The van der Waals surface area contributed by atoms with Crippen LogP contribution in [0, 0.1) is 0 Å². The van der Waals surface area contributed by atoms with E-state index in [0.717, 1.165) is 17.4 Å². The van der Waals surface area contributed by atoms with E-state index in [0.29, 0.717) is 0 Å². The van der Waals surface area contributed by atoms with Crippen molar-refractivity contribution in [2.45, 2.75) is 6.54 Å². The Morgan fingerprint density at radius 1 is 1.77 bits per heavy atom. The van der Waals surface area contributed by atoms with Crippen molar-refractivity contribution in [3.63, 3.8) is 0 Å². The Hall–Kier alpha value is -1.10. The van der Waals surface area contributed by atoms with Crippen molar-refractivity contribution in [2.75, 3.05) is 14.1 Å². The zero-order chi connectivity index (χ0) is 9.84. The molecule has 1 aromatic rings. The Kier molecular flexibility index (Phi) is 3.25. The molecule has 0 spiro atoms. The molecule has 0 bridgehead atoms. The minimum absolute atomic E-state index is 0.727. The normalized spacial score (nSPS) is 9.77. The SMILES string of the molecule is CNC(=S)N(C)Cc1ccn(C)n1. The molecule has 0 aliphatic carbocycles. The first-order valence-corrected chi connectivity index (χ1v) is 4.45. The molecule has 0 atom stereocenters. The van der Waals surface area contributed by atoms with Crippen molar-refractivity contribution in [3.05, 3.63) is 18.0 Å². The molecule has 0 aliphatic rings. The Balaban J connectivity index is 2.54. The standard InChI is InChI=1S/C8H14N4S/c1-9-8(13)11(2)6-7-4-5-12(3)10-7/h4-5H,6H2,1-3H3,(H,9,13). The Labute approximate surface area is 83.5 Å². The first kappa shape index (κ1) is 9.98. The van der Waals surface area contributed by atoms with Crippen LogP contribution in [0.25, 0.3) is 0 Å². The van der Waals surface area contributed by atoms with Gasteiger partial charge in [0.25, 0.3) is 0 Å². The van der Waals surface area contributed by atoms with E-state index in [4.69, 9.17) is 12.2 Å². The fourth-order valence-electron chi connectivity index (χ4n) is 1.05. The van der Waals surface area contributed by atoms with Crippen LogP contribution in [-0.4, -0.2) is 33.9 Å². The van der Waals surface area contributed by atoms with E-state index in [1.54, 1.807) is 4.68 Å². The Bertz CT molecular complexity index is 294. The average molecular weight is 198 g/mol. The largest absolute Gasteiger partial charge is 0.366 e. The van der Waals surface area contributed by atoms with Crippen LogP contribution in [0.1, 0.15) is 5.69 Å². The fourth-order valence-corrected chi connectivity index (χ4v) is 1.12. The van der Waals surface area contributed by atoms with E-state index >= 15 is 0 Å². The number of nitrogens with one attached hydrogen (secondary N) is 1. The fraction of sp³-hybridized carbons (Fsp3) is 0.500. The lowest BCUT2D eigenvalue weighted by Crippen LogP contribution is -2.34. The van der Waals surface area contributed by atoms with Gasteiger partial charge in [-0.05, 0) is 18.3 Å². The molecule has 0 saturated carbocycles. The number of hydrogen-bond acceptors (Lipinski definition) is 2. The van der Waals surface area contributed by atoms with Crippen LogP contribution in [0.5, 0.6) is 0 Å². The zero-order valence-electron chi connectivity index (χ0n) is 8.11. The molecule has 0 unspecified atom stereocenters. The van der Waals surface area contributed by atoms with Crippen molar-refractivity contribution in [3.8, 4) is 0 Å². The highest BCUT2D eigenvalue weighted by molar-refractivity contribution is 7.80. The van der Waals surface area contributed by atoms with Crippen LogP contribution >= 0.6 is 12.2 Å². The van der Waals surface area contributed by atoms with Crippen LogP contribution in [0.2, 0.25) is 0 Å². The summed E-state index contributed by atoms with van der Waals surface area (Å²) in [5, 5.41) is 7.90. The monoisotopic (exact) mass is 198 g/mol. The predicted molar refractivity (Wildman–Crippen MR) is 56.3 cm³/mol. The molecule has 13 heavy (non-hydrogen) atoms. The average Bonchev–Trinajstić information content (AvgIpc) is 2.49. The van der Waals surface area contributed by atoms with Crippen LogP contribution in [0.15, 0.2) is 12.3 Å². The van der Waals surface area contributed by atoms with Gasteiger partial charge in [0.15, 0.2) is 5.11 Å². The summed E-state index contributed by atoms with van der Waals surface area (Å²) in [5.74, 6) is 0. The van der Waals surface area contributed by atoms with Gasteiger partial charge in [-0.2, -0.15) is 5.10 Å². The first-order valence-electron chi connectivity index (χ1n) is 4.05. The summed E-state index contributed by atoms with van der Waals surface area (Å²) in [7, 11) is 5.66. The Morgan fingerprint density at radius 3 is 2.92 bits per heavy atom. The molecule has 0 fully saturated rings. The minimum atomic E-state index is 0.727. The highest BCUT2D eigenvalue weighted by Gasteiger charge is 2.04. The Morgan fingerprint density at radius 2 is 2.46 bits per heavy atom. The molecule has 1 heterocycles. The summed E-state index contributed by atoms with van der Waals surface area (Å²) < 4.78 is 1.78. The van der Waals surface area contributed by atoms with Crippen LogP contribution in [-0.2, 0) is 13.6 Å². The van der Waals surface area contributed by atoms with Crippen molar-refractivity contribution in [1.29, 1.82) is 0 Å². The van der Waals surface area contributed by atoms with Crippen molar-refractivity contribution in [1.82, 2.24) is 20.0 Å². The number of hydrogen-bond donors (Lipinski definition) is 1. The summed E-state index contributed by atoms with van der Waals surface area (Å²) in [6.45, 7) is 0.737. The van der Waals surface area contributed by atoms with Crippen molar-refractivity contribution < 1.29 is 0 Å². The van der Waals surface area contributed by atoms with Crippen molar-refractivity contribution >= 4 is 17.3 Å². The third kappa shape index (κ3) is 2.69. The smallest absolute Gasteiger partial charge is 0.168 e. The van der Waals surface area contributed by atoms with Gasteiger partial charge in [-0.25, -0.2) is 0 Å². The molecule has 1 rings (SSSR count). The zero-order valence-corrected chi connectivity index (χ0v) is 8.93. The number of thiocarbonyl (C=S) groups is 1. The lowest BCUT2D eigenvalue weighted by atomic mass is 10.4. The second kappa shape index (κ2) is 4.23. The molecular weight excluding hydrogens is 184 g/mol. The van der Waals surface area contributed by atoms with Gasteiger partial charge in [0, 0.05) is 27.3 Å². The van der Waals surface area contributed by atoms with Gasteiger partial charge in [-0.1, -0.05) is 0 Å². The van der Waals surface area contributed by atoms with Gasteiger partial charge < -0.3 is 10.2 Å². The van der Waals surface area contributed by atoms with E-state index in [1.807, 2.05) is 38.3 Å². The number of nitrogens with zero attached hydrogens (tertiary/aromatic N) is 3. The van der Waals surface area contributed by atoms with Gasteiger partial charge in [0.05, 0.1) is 12.2 Å². The molecule has 0 amide bonds.